The smallest absolute Gasteiger partial charge is 0.337 e. The molecule has 0 aliphatic carbocycles. The molecule has 0 aromatic heterocycles. The standard InChI is InChI=1S/C17H20N2O6S/c1-3-25-17(23)12-9-26-13(15(21)19-12)8-14(20)18-11-6-4-10(5-7-11)16(22)24-2/h4-7,12-13H,3,8-9H2,1-2H3,(H,18,20)(H,19,21)/t12-,13+/m0/s1. The van der Waals surface area contributed by atoms with Crippen molar-refractivity contribution in [2.75, 3.05) is 24.8 Å². The largest absolute Gasteiger partial charge is 0.465 e. The third-order valence-electron chi connectivity index (χ3n) is 3.60. The highest BCUT2D eigenvalue weighted by Gasteiger charge is 2.34. The molecule has 0 spiro atoms. The molecule has 0 saturated carbocycles. The highest BCUT2D eigenvalue weighted by atomic mass is 32.2. The maximum absolute atomic E-state index is 12.1. The predicted octanol–water partition coefficient (Wildman–Crippen LogP) is 0.965. The minimum absolute atomic E-state index is 0.0230. The molecule has 0 unspecified atom stereocenters. The fourth-order valence-electron chi connectivity index (χ4n) is 2.30. The molecule has 9 heteroatoms. The van der Waals surface area contributed by atoms with Crippen LogP contribution in [-0.4, -0.2) is 54.5 Å². The molecule has 1 aromatic rings. The van der Waals surface area contributed by atoms with Crippen molar-refractivity contribution in [1.29, 1.82) is 0 Å². The van der Waals surface area contributed by atoms with E-state index in [1.165, 1.54) is 31.0 Å². The molecule has 1 heterocycles. The van der Waals surface area contributed by atoms with Gasteiger partial charge in [-0.15, -0.1) is 11.8 Å². The summed E-state index contributed by atoms with van der Waals surface area (Å²) in [5.41, 5.74) is 0.881. The third-order valence-corrected chi connectivity index (χ3v) is 4.91. The summed E-state index contributed by atoms with van der Waals surface area (Å²) in [5.74, 6) is -1.28. The predicted molar refractivity (Wildman–Crippen MR) is 95.8 cm³/mol. The summed E-state index contributed by atoms with van der Waals surface area (Å²) >= 11 is 1.25. The quantitative estimate of drug-likeness (QED) is 0.707. The van der Waals surface area contributed by atoms with E-state index in [1.807, 2.05) is 0 Å². The lowest BCUT2D eigenvalue weighted by atomic mass is 10.2. The van der Waals surface area contributed by atoms with Crippen LogP contribution in [0.4, 0.5) is 5.69 Å². The Morgan fingerprint density at radius 1 is 1.27 bits per heavy atom. The maximum atomic E-state index is 12.1. The first-order valence-electron chi connectivity index (χ1n) is 8.01. The summed E-state index contributed by atoms with van der Waals surface area (Å²) in [6, 6.07) is 5.54. The molecule has 26 heavy (non-hydrogen) atoms. The van der Waals surface area contributed by atoms with E-state index in [-0.39, 0.29) is 24.8 Å². The van der Waals surface area contributed by atoms with Crippen LogP contribution in [0.5, 0.6) is 0 Å². The van der Waals surface area contributed by atoms with E-state index in [2.05, 4.69) is 15.4 Å². The van der Waals surface area contributed by atoms with Crippen molar-refractivity contribution >= 4 is 41.2 Å². The fourth-order valence-corrected chi connectivity index (χ4v) is 3.44. The molecule has 2 rings (SSSR count). The van der Waals surface area contributed by atoms with Crippen molar-refractivity contribution in [2.24, 2.45) is 0 Å². The summed E-state index contributed by atoms with van der Waals surface area (Å²) in [6.07, 6.45) is -0.0230. The van der Waals surface area contributed by atoms with Gasteiger partial charge in [-0.1, -0.05) is 0 Å². The zero-order valence-electron chi connectivity index (χ0n) is 14.4. The van der Waals surface area contributed by atoms with Crippen LogP contribution in [0.25, 0.3) is 0 Å². The second-order valence-corrected chi connectivity index (χ2v) is 6.69. The van der Waals surface area contributed by atoms with E-state index in [4.69, 9.17) is 4.74 Å². The molecule has 1 fully saturated rings. The van der Waals surface area contributed by atoms with Crippen molar-refractivity contribution in [3.8, 4) is 0 Å². The van der Waals surface area contributed by atoms with Crippen LogP contribution in [0.3, 0.4) is 0 Å². The molecule has 2 amide bonds. The normalized spacial score (nSPS) is 19.2. The molecule has 2 atom stereocenters. The number of anilines is 1. The number of rotatable bonds is 6. The van der Waals surface area contributed by atoms with E-state index < -0.39 is 23.2 Å². The van der Waals surface area contributed by atoms with Crippen molar-refractivity contribution in [3.63, 3.8) is 0 Å². The highest BCUT2D eigenvalue weighted by Crippen LogP contribution is 2.22. The SMILES string of the molecule is CCOC(=O)[C@@H]1CS[C@H](CC(=O)Nc2ccc(C(=O)OC)cc2)C(=O)N1. The fraction of sp³-hybridized carbons (Fsp3) is 0.412. The van der Waals surface area contributed by atoms with Crippen LogP contribution < -0.4 is 10.6 Å². The van der Waals surface area contributed by atoms with Crippen LogP contribution in [0.2, 0.25) is 0 Å². The van der Waals surface area contributed by atoms with Crippen LogP contribution in [0, 0.1) is 0 Å². The molecule has 0 bridgehead atoms. The van der Waals surface area contributed by atoms with Crippen LogP contribution >= 0.6 is 11.8 Å². The number of thioether (sulfide) groups is 1. The zero-order valence-corrected chi connectivity index (χ0v) is 15.3. The number of amides is 2. The van der Waals surface area contributed by atoms with Gasteiger partial charge in [0.1, 0.15) is 6.04 Å². The number of ether oxygens (including phenoxy) is 2. The van der Waals surface area contributed by atoms with Gasteiger partial charge in [-0.3, -0.25) is 9.59 Å². The first-order chi connectivity index (χ1) is 12.4. The number of methoxy groups -OCH3 is 1. The Balaban J connectivity index is 1.85. The van der Waals surface area contributed by atoms with Crippen molar-refractivity contribution in [2.45, 2.75) is 24.6 Å². The monoisotopic (exact) mass is 380 g/mol. The van der Waals surface area contributed by atoms with Crippen molar-refractivity contribution in [1.82, 2.24) is 5.32 Å². The van der Waals surface area contributed by atoms with Gasteiger partial charge in [0, 0.05) is 17.9 Å². The van der Waals surface area contributed by atoms with Crippen molar-refractivity contribution in [3.05, 3.63) is 29.8 Å². The second kappa shape index (κ2) is 9.23. The number of nitrogens with one attached hydrogen (secondary N) is 2. The summed E-state index contributed by atoms with van der Waals surface area (Å²) in [7, 11) is 1.29. The average Bonchev–Trinajstić information content (AvgIpc) is 2.63. The first kappa shape index (κ1) is 19.8. The van der Waals surface area contributed by atoms with Gasteiger partial charge in [0.05, 0.1) is 24.5 Å². The lowest BCUT2D eigenvalue weighted by molar-refractivity contribution is -0.146. The molecule has 1 aliphatic rings. The molecule has 140 valence electrons. The van der Waals surface area contributed by atoms with Crippen molar-refractivity contribution < 1.29 is 28.7 Å². The van der Waals surface area contributed by atoms with Gasteiger partial charge >= 0.3 is 11.9 Å². The molecular weight excluding hydrogens is 360 g/mol. The number of hydrogen-bond donors (Lipinski definition) is 2. The molecule has 1 aliphatic heterocycles. The number of esters is 2. The highest BCUT2D eigenvalue weighted by molar-refractivity contribution is 8.00. The second-order valence-electron chi connectivity index (χ2n) is 5.46. The van der Waals surface area contributed by atoms with E-state index in [0.29, 0.717) is 17.0 Å². The van der Waals surface area contributed by atoms with E-state index >= 15 is 0 Å². The Bertz CT molecular complexity index is 691. The van der Waals surface area contributed by atoms with Gasteiger partial charge in [0.15, 0.2) is 0 Å². The van der Waals surface area contributed by atoms with Gasteiger partial charge in [-0.2, -0.15) is 0 Å². The number of carbonyl (C=O) groups excluding carboxylic acids is 4. The zero-order chi connectivity index (χ0) is 19.1. The average molecular weight is 380 g/mol. The summed E-state index contributed by atoms with van der Waals surface area (Å²) < 4.78 is 9.48. The first-order valence-corrected chi connectivity index (χ1v) is 9.06. The van der Waals surface area contributed by atoms with Gasteiger partial charge in [-0.25, -0.2) is 9.59 Å². The molecule has 8 nitrogen and oxygen atoms in total. The third kappa shape index (κ3) is 5.22. The van der Waals surface area contributed by atoms with Crippen LogP contribution in [0.1, 0.15) is 23.7 Å². The Labute approximate surface area is 155 Å². The maximum Gasteiger partial charge on any atom is 0.337 e. The molecule has 0 radical (unpaired) electrons. The molecular formula is C17H20N2O6S. The Kier molecular flexibility index (Phi) is 7.02. The molecule has 2 N–H and O–H groups in total. The summed E-state index contributed by atoms with van der Waals surface area (Å²) in [6.45, 7) is 1.94. The lowest BCUT2D eigenvalue weighted by Crippen LogP contribution is -2.51. The van der Waals surface area contributed by atoms with E-state index in [1.54, 1.807) is 19.1 Å². The Hall–Kier alpha value is -2.55. The number of benzene rings is 1. The van der Waals surface area contributed by atoms with Crippen LogP contribution in [0.15, 0.2) is 24.3 Å². The van der Waals surface area contributed by atoms with Gasteiger partial charge < -0.3 is 20.1 Å². The minimum atomic E-state index is -0.683. The Morgan fingerprint density at radius 2 is 1.96 bits per heavy atom. The van der Waals surface area contributed by atoms with E-state index in [9.17, 15) is 19.2 Å². The molecule has 1 saturated heterocycles. The minimum Gasteiger partial charge on any atom is -0.465 e. The topological polar surface area (TPSA) is 111 Å². The summed E-state index contributed by atoms with van der Waals surface area (Å²) in [4.78, 5) is 47.2. The Morgan fingerprint density at radius 3 is 2.54 bits per heavy atom. The lowest BCUT2D eigenvalue weighted by Gasteiger charge is -2.27. The number of carbonyl (C=O) groups is 4. The van der Waals surface area contributed by atoms with Gasteiger partial charge in [0.25, 0.3) is 0 Å². The van der Waals surface area contributed by atoms with Crippen LogP contribution in [-0.2, 0) is 23.9 Å². The van der Waals surface area contributed by atoms with Gasteiger partial charge in [-0.05, 0) is 31.2 Å². The van der Waals surface area contributed by atoms with Gasteiger partial charge in [0.2, 0.25) is 11.8 Å². The van der Waals surface area contributed by atoms with E-state index in [0.717, 1.165) is 0 Å². The number of hydrogen-bond acceptors (Lipinski definition) is 7. The molecule has 1 aromatic carbocycles. The summed E-state index contributed by atoms with van der Waals surface area (Å²) in [5, 5.41) is 4.68.